The number of H-pyrrole nitrogens is 6. The number of aromatic amines is 6. The number of anilines is 5. The van der Waals surface area contributed by atoms with E-state index in [0.717, 1.165) is 85.7 Å². The molecule has 0 spiro atoms. The number of phosphoric acid groups is 6. The minimum atomic E-state index is -6.12. The molecule has 6 saturated heterocycles. The van der Waals surface area contributed by atoms with Crippen LogP contribution in [0.5, 0.6) is 0 Å². The Morgan fingerprint density at radius 3 is 1.01 bits per heavy atom. The fourth-order valence-electron chi connectivity index (χ4n) is 16.6. The van der Waals surface area contributed by atoms with E-state index in [2.05, 4.69) is 84.6 Å². The van der Waals surface area contributed by atoms with Gasteiger partial charge in [0.15, 0.2) is 87.0 Å². The molecule has 0 aromatic carbocycles. The maximum Gasteiger partial charge on any atom is 0.472 e. The van der Waals surface area contributed by atoms with Gasteiger partial charge in [0, 0.05) is 25.2 Å². The number of nitrogens with zero attached hydrogens (tertiary/aromatic N) is 16. The summed E-state index contributed by atoms with van der Waals surface area (Å²) in [5.41, 5.74) is 23.1. The summed E-state index contributed by atoms with van der Waals surface area (Å²) in [6.45, 7) is -7.56. The summed E-state index contributed by atoms with van der Waals surface area (Å²) in [4.78, 5) is 235. The van der Waals surface area contributed by atoms with Crippen LogP contribution in [0.15, 0.2) is 77.5 Å². The molecule has 17 rings (SSSR count). The maximum atomic E-state index is 14.9. The van der Waals surface area contributed by atoms with Gasteiger partial charge in [0.2, 0.25) is 35.6 Å². The fourth-order valence-corrected chi connectivity index (χ4v) is 21.7. The van der Waals surface area contributed by atoms with E-state index in [4.69, 9.17) is 108 Å². The lowest BCUT2D eigenvalue weighted by atomic mass is 10.1. The molecule has 1 amide bonds. The third-order valence-electron chi connectivity index (χ3n) is 23.2. The summed E-state index contributed by atoms with van der Waals surface area (Å²) in [6.07, 6.45) is -39.7. The van der Waals surface area contributed by atoms with Crippen molar-refractivity contribution in [3.8, 4) is 0 Å². The van der Waals surface area contributed by atoms with Crippen LogP contribution in [0.25, 0.3) is 61.9 Å². The summed E-state index contributed by atoms with van der Waals surface area (Å²) in [5, 5.41) is 73.2. The van der Waals surface area contributed by atoms with Crippen LogP contribution >= 0.6 is 46.9 Å². The number of aromatic nitrogens is 22. The predicted molar refractivity (Wildman–Crippen MR) is 479 cm³/mol. The number of hydrogen-bond donors (Lipinski definition) is 26. The van der Waals surface area contributed by atoms with Gasteiger partial charge in [0.25, 0.3) is 33.4 Å². The lowest BCUT2D eigenvalue weighted by molar-refractivity contribution is -0.116. The number of ether oxygens (including phenoxy) is 6. The zero-order valence-electron chi connectivity index (χ0n) is 74.4. The number of phosphoric ester groups is 6. The maximum absolute atomic E-state index is 14.9. The molecule has 5 unspecified atom stereocenters. The number of nitrogens with two attached hydrogens (primary N) is 6. The third-order valence-corrected chi connectivity index (χ3v) is 28.7. The topological polar surface area (TPSA) is 1080 Å². The molecule has 17 heterocycles. The molecule has 800 valence electrons. The summed E-state index contributed by atoms with van der Waals surface area (Å²) in [5.74, 6) is -3.24. The first kappa shape index (κ1) is 107. The summed E-state index contributed by atoms with van der Waals surface area (Å²) >= 11 is 0. The second kappa shape index (κ2) is 42.3. The smallest absolute Gasteiger partial charge is 0.387 e. The first-order chi connectivity index (χ1) is 69.4. The Morgan fingerprint density at radius 1 is 0.381 bits per heavy atom. The highest BCUT2D eigenvalue weighted by Gasteiger charge is 2.58. The standard InChI is InChI=1S/C68H89N29O44P6/c69-7-3-1-2-4-8-75-30(98)6-5-22-10-92(68(111)91-52(22)105)31-9-23(137-143(115,116)128-14-27-44(40(102)60(134-27)95-19-78-34-49(95)83-65(72)88-55(34)108)140-145(119,120)127-12-25-37(99)38(100)58(132-25)93-17-76-32-47(93)81-63(70)86-53(32)106)24(131-31)11-126-144(117,118)139-45-28(135-61(41(45)103)96-20-79-35-50(96)84-66(73)89-56(35)109)15-130-147(123,124)141-46-29(136-62(42(46)104)97-21-80-36-51(97)85-67(74)90-57(36)110)16-129-146(121,122)138-43-26(13-125-142(112,113)114)133-59(39(43)101)94-18-77-33-48(94)82-64(71)87-54(33)107/h5-6,10,17-21,23-29,31,37-46,58-62,99-104H,1-4,7-9,11-16,69H2,(H,75,98)(H,115,116)(H,117,118)(H,119,120)(H,121,122)(H,123,124)(H,91,105,111)(H2,112,113,114)(H3,70,81,86,106)(H3,71,82,87,107)(H3,72,83,88,108)(H3,73,84,89,109)(H3,74,85,90,110)/b6-5+/t23-,24+,25+,26+,27+,28+,29+,31+,37+,38+,39+,40+,41+,42+,43+,44+,45+,46+,58+,59+,60+,61+,62+/m0/s1. The molecule has 73 nitrogen and oxygen atoms in total. The number of aliphatic hydroxyl groups is 6. The number of nitrogen functional groups attached to an aromatic ring is 5. The van der Waals surface area contributed by atoms with Gasteiger partial charge < -0.3 is 133 Å². The summed E-state index contributed by atoms with van der Waals surface area (Å²) in [7, 11) is -35.3. The van der Waals surface area contributed by atoms with Crippen molar-refractivity contribution in [1.82, 2.24) is 112 Å². The molecule has 11 aromatic heterocycles. The molecule has 0 aliphatic carbocycles. The average Bonchev–Trinajstić information content (AvgIpc) is 1.61. The largest absolute Gasteiger partial charge is 0.472 e. The first-order valence-corrected chi connectivity index (χ1v) is 52.0. The SMILES string of the molecule is NCCCCCCNC(=O)/C=C/c1cn([C@H]2C[C@H](OP(=O)(O)OC[C@H]3O[C@@H](n4cnc5c(=O)[nH]c(N)nc54)[C@H](O)[C@@H]3OP(=O)(O)OC[C@H]3O[C@@H](n4cnc5c(=O)[nH]c(N)nc54)[C@H](O)[C@@H]3O)[C@@H](COP(=O)(O)O[C@H]3[C@@H](O)[C@H](n4cnc5c(=O)[nH]c(N)nc54)O[C@@H]3COP(=O)(O)O[C@H]3[C@@H](O)[C@H](n4cnc5c(=O)[nH]c(N)nc54)O[C@@H]3COP(=O)(O)O[C@H]3[C@@H](O)[C@H](n4cnc5c(=O)[nH]c(N)nc54)O[C@@H]3COP(=O)(O)O)O2)c(=O)[nH]c1=O. The number of rotatable bonds is 42. The molecule has 0 radical (unpaired) electrons. The molecule has 32 N–H and O–H groups in total. The Hall–Kier alpha value is -11.2. The Labute approximate surface area is 811 Å². The zero-order valence-corrected chi connectivity index (χ0v) is 79.7. The monoisotopic (exact) mass is 2200 g/mol. The Morgan fingerprint density at radius 2 is 0.680 bits per heavy atom. The van der Waals surface area contributed by atoms with Crippen LogP contribution in [-0.4, -0.2) is 334 Å². The van der Waals surface area contributed by atoms with E-state index in [-0.39, 0.29) is 23.4 Å². The number of carbonyl (C=O) groups is 1. The van der Waals surface area contributed by atoms with Crippen LogP contribution in [0.2, 0.25) is 0 Å². The number of fused-ring (bicyclic) bond motifs is 5. The van der Waals surface area contributed by atoms with Gasteiger partial charge in [-0.05, 0) is 25.5 Å². The van der Waals surface area contributed by atoms with E-state index < -0.39 is 353 Å². The van der Waals surface area contributed by atoms with Crippen LogP contribution in [-0.2, 0) is 110 Å². The summed E-state index contributed by atoms with van der Waals surface area (Å²) in [6, 6.07) is 0. The molecular weight excluding hydrogens is 2110 g/mol. The van der Waals surface area contributed by atoms with Gasteiger partial charge in [0.05, 0.1) is 76.8 Å². The van der Waals surface area contributed by atoms with Crippen molar-refractivity contribution in [2.75, 3.05) is 81.4 Å². The summed E-state index contributed by atoms with van der Waals surface area (Å²) < 4.78 is 184. The van der Waals surface area contributed by atoms with E-state index >= 15 is 0 Å². The number of aliphatic hydroxyl groups excluding tert-OH is 6. The lowest BCUT2D eigenvalue weighted by Gasteiger charge is -2.27. The third kappa shape index (κ3) is 23.2. The second-order valence-corrected chi connectivity index (χ2v) is 41.4. The fraction of sp³-hybridized carbons (Fsp3) is 0.529. The van der Waals surface area contributed by atoms with Crippen LogP contribution < -0.4 is 78.8 Å². The molecule has 0 saturated carbocycles. The highest BCUT2D eigenvalue weighted by Crippen LogP contribution is 2.58. The second-order valence-electron chi connectivity index (χ2n) is 33.1. The highest BCUT2D eigenvalue weighted by atomic mass is 31.2. The number of unbranched alkanes of at least 4 members (excludes halogenated alkanes) is 3. The predicted octanol–water partition coefficient (Wildman–Crippen LogP) is -8.68. The van der Waals surface area contributed by atoms with Crippen LogP contribution in [0.1, 0.15) is 75.0 Å². The molecule has 6 aliphatic rings. The van der Waals surface area contributed by atoms with Crippen LogP contribution in [0, 0.1) is 0 Å². The van der Waals surface area contributed by atoms with E-state index in [1.165, 1.54) is 0 Å². The number of carbonyl (C=O) groups excluding carboxylic acids is 1. The van der Waals surface area contributed by atoms with Gasteiger partial charge in [-0.25, -0.2) is 57.1 Å². The molecule has 79 heteroatoms. The van der Waals surface area contributed by atoms with Gasteiger partial charge in [0.1, 0.15) is 110 Å². The number of imidazole rings is 5. The number of hydrogen-bond acceptors (Lipinski definition) is 53. The Kier molecular flexibility index (Phi) is 30.8. The van der Waals surface area contributed by atoms with Gasteiger partial charge in [-0.3, -0.25) is 141 Å². The quantitative estimate of drug-likeness (QED) is 0.00960. The van der Waals surface area contributed by atoms with Gasteiger partial charge in [-0.1, -0.05) is 12.8 Å². The van der Waals surface area contributed by atoms with Gasteiger partial charge >= 0.3 is 52.6 Å². The average molecular weight is 2200 g/mol. The van der Waals surface area contributed by atoms with Crippen molar-refractivity contribution >= 4 is 144 Å². The molecule has 6 fully saturated rings. The molecular formula is C68H89N29O44P6. The van der Waals surface area contributed by atoms with Crippen molar-refractivity contribution in [2.45, 2.75) is 173 Å². The van der Waals surface area contributed by atoms with E-state index in [1.807, 2.05) is 4.98 Å². The number of amides is 1. The lowest BCUT2D eigenvalue weighted by Crippen LogP contribution is -2.38. The van der Waals surface area contributed by atoms with E-state index in [1.54, 1.807) is 0 Å². The molecule has 11 aromatic rings. The van der Waals surface area contributed by atoms with E-state index in [0.29, 0.717) is 24.0 Å². The minimum absolute atomic E-state index is 0.183. The highest BCUT2D eigenvalue weighted by molar-refractivity contribution is 7.48. The van der Waals surface area contributed by atoms with Gasteiger partial charge in [-0.2, -0.15) is 24.9 Å². The van der Waals surface area contributed by atoms with E-state index in [9.17, 15) is 131 Å². The van der Waals surface area contributed by atoms with Crippen molar-refractivity contribution in [3.05, 3.63) is 122 Å². The van der Waals surface area contributed by atoms with Crippen molar-refractivity contribution in [1.29, 1.82) is 0 Å². The molecule has 0 bridgehead atoms. The van der Waals surface area contributed by atoms with Crippen molar-refractivity contribution in [2.24, 2.45) is 5.73 Å². The Balaban J connectivity index is 0.630. The normalized spacial score (nSPS) is 29.2. The minimum Gasteiger partial charge on any atom is -0.387 e. The van der Waals surface area contributed by atoms with Crippen LogP contribution in [0.4, 0.5) is 29.7 Å². The van der Waals surface area contributed by atoms with Crippen LogP contribution in [0.3, 0.4) is 0 Å². The molecule has 28 atom stereocenters. The Bertz CT molecular complexity index is 7610. The van der Waals surface area contributed by atoms with Gasteiger partial charge in [-0.15, -0.1) is 0 Å². The number of nitrogens with one attached hydrogen (secondary N) is 7. The zero-order chi connectivity index (χ0) is 105. The molecule has 6 aliphatic heterocycles. The van der Waals surface area contributed by atoms with Crippen molar-refractivity contribution < 1.29 is 175 Å². The molecule has 147 heavy (non-hydrogen) atoms. The van der Waals surface area contributed by atoms with Crippen molar-refractivity contribution in [3.63, 3.8) is 0 Å². The first-order valence-electron chi connectivity index (χ1n) is 43.0.